The summed E-state index contributed by atoms with van der Waals surface area (Å²) in [5.74, 6) is -0.925. The standard InChI is InChI=1S/C11H16N2O4S2/c1-6(14)10(11(16)17)13-9(15)5-18-3-8-4-19-7(2)12-8/h4,6,10,14H,3,5H2,1-2H3,(H,13,15)(H,16,17). The van der Waals surface area contributed by atoms with Gasteiger partial charge in [0.1, 0.15) is 0 Å². The number of carboxylic acids is 1. The van der Waals surface area contributed by atoms with Crippen molar-refractivity contribution in [3.8, 4) is 0 Å². The Kier molecular flexibility index (Phi) is 6.26. The van der Waals surface area contributed by atoms with Crippen LogP contribution in [0.3, 0.4) is 0 Å². The van der Waals surface area contributed by atoms with Crippen LogP contribution in [-0.2, 0) is 15.3 Å². The number of hydrogen-bond acceptors (Lipinski definition) is 6. The van der Waals surface area contributed by atoms with Gasteiger partial charge in [-0.3, -0.25) is 4.79 Å². The summed E-state index contributed by atoms with van der Waals surface area (Å²) in [7, 11) is 0. The molecule has 0 radical (unpaired) electrons. The van der Waals surface area contributed by atoms with E-state index < -0.39 is 24.0 Å². The first kappa shape index (κ1) is 15.9. The van der Waals surface area contributed by atoms with E-state index in [0.717, 1.165) is 10.7 Å². The largest absolute Gasteiger partial charge is 0.480 e. The van der Waals surface area contributed by atoms with Crippen LogP contribution >= 0.6 is 23.1 Å². The van der Waals surface area contributed by atoms with Crippen LogP contribution in [0.1, 0.15) is 17.6 Å². The monoisotopic (exact) mass is 304 g/mol. The van der Waals surface area contributed by atoms with E-state index >= 15 is 0 Å². The lowest BCUT2D eigenvalue weighted by molar-refractivity contribution is -0.144. The van der Waals surface area contributed by atoms with E-state index in [2.05, 4.69) is 10.3 Å². The molecule has 1 aromatic heterocycles. The summed E-state index contributed by atoms with van der Waals surface area (Å²) in [6, 6.07) is -1.27. The van der Waals surface area contributed by atoms with Crippen LogP contribution in [0.5, 0.6) is 0 Å². The van der Waals surface area contributed by atoms with Gasteiger partial charge in [0.2, 0.25) is 5.91 Å². The van der Waals surface area contributed by atoms with Crippen LogP contribution in [-0.4, -0.2) is 45.0 Å². The predicted molar refractivity (Wildman–Crippen MR) is 74.3 cm³/mol. The Morgan fingerprint density at radius 1 is 1.58 bits per heavy atom. The number of amides is 1. The fourth-order valence-corrected chi connectivity index (χ4v) is 2.77. The highest BCUT2D eigenvalue weighted by molar-refractivity contribution is 7.99. The number of aryl methyl sites for hydroxylation is 1. The smallest absolute Gasteiger partial charge is 0.328 e. The Hall–Kier alpha value is -1.12. The van der Waals surface area contributed by atoms with Crippen molar-refractivity contribution in [1.82, 2.24) is 10.3 Å². The molecule has 1 aromatic rings. The second-order valence-corrected chi connectivity index (χ2v) is 6.02. The van der Waals surface area contributed by atoms with Crippen LogP contribution < -0.4 is 5.32 Å². The molecule has 106 valence electrons. The second-order valence-electron chi connectivity index (χ2n) is 3.97. The number of aliphatic hydroxyl groups is 1. The number of nitrogens with zero attached hydrogens (tertiary/aromatic N) is 1. The summed E-state index contributed by atoms with van der Waals surface area (Å²) in [6.07, 6.45) is -1.13. The molecular weight excluding hydrogens is 288 g/mol. The molecule has 0 aliphatic rings. The minimum absolute atomic E-state index is 0.132. The number of rotatable bonds is 7. The van der Waals surface area contributed by atoms with Crippen LogP contribution in [0.25, 0.3) is 0 Å². The summed E-state index contributed by atoms with van der Waals surface area (Å²) >= 11 is 2.90. The molecule has 0 aliphatic carbocycles. The Labute approximate surface area is 119 Å². The zero-order valence-electron chi connectivity index (χ0n) is 10.6. The van der Waals surface area contributed by atoms with Crippen LogP contribution in [0.2, 0.25) is 0 Å². The first-order valence-electron chi connectivity index (χ1n) is 5.59. The average molecular weight is 304 g/mol. The number of hydrogen-bond donors (Lipinski definition) is 3. The zero-order chi connectivity index (χ0) is 14.4. The molecule has 0 saturated heterocycles. The maximum Gasteiger partial charge on any atom is 0.328 e. The summed E-state index contributed by atoms with van der Waals surface area (Å²) in [5.41, 5.74) is 0.908. The Balaban J connectivity index is 2.33. The molecule has 1 rings (SSSR count). The lowest BCUT2D eigenvalue weighted by Crippen LogP contribution is -2.48. The topological polar surface area (TPSA) is 99.5 Å². The molecule has 6 nitrogen and oxygen atoms in total. The van der Waals surface area contributed by atoms with Crippen molar-refractivity contribution in [2.45, 2.75) is 31.7 Å². The van der Waals surface area contributed by atoms with Crippen molar-refractivity contribution in [2.24, 2.45) is 0 Å². The molecule has 0 aromatic carbocycles. The molecule has 2 unspecified atom stereocenters. The molecule has 0 saturated carbocycles. The summed E-state index contributed by atoms with van der Waals surface area (Å²) in [5, 5.41) is 23.2. The number of carbonyl (C=O) groups is 2. The van der Waals surface area contributed by atoms with Crippen LogP contribution in [0, 0.1) is 6.92 Å². The van der Waals surface area contributed by atoms with Crippen molar-refractivity contribution in [2.75, 3.05) is 5.75 Å². The number of thiazole rings is 1. The van der Waals surface area contributed by atoms with Crippen molar-refractivity contribution < 1.29 is 19.8 Å². The van der Waals surface area contributed by atoms with Crippen LogP contribution in [0.4, 0.5) is 0 Å². The SMILES string of the molecule is Cc1nc(CSCC(=O)NC(C(=O)O)C(C)O)cs1. The Morgan fingerprint density at radius 3 is 2.74 bits per heavy atom. The van der Waals surface area contributed by atoms with E-state index in [1.165, 1.54) is 18.7 Å². The number of aliphatic hydroxyl groups excluding tert-OH is 1. The minimum Gasteiger partial charge on any atom is -0.480 e. The maximum atomic E-state index is 11.5. The van der Waals surface area contributed by atoms with E-state index in [-0.39, 0.29) is 5.75 Å². The molecule has 2 atom stereocenters. The molecule has 0 spiro atoms. The third kappa shape index (κ3) is 5.58. The van der Waals surface area contributed by atoms with E-state index in [1.807, 2.05) is 12.3 Å². The molecular formula is C11H16N2O4S2. The van der Waals surface area contributed by atoms with Gasteiger partial charge >= 0.3 is 5.97 Å². The highest BCUT2D eigenvalue weighted by atomic mass is 32.2. The van der Waals surface area contributed by atoms with E-state index in [9.17, 15) is 14.7 Å². The zero-order valence-corrected chi connectivity index (χ0v) is 12.3. The first-order valence-corrected chi connectivity index (χ1v) is 7.62. The van der Waals surface area contributed by atoms with Crippen molar-refractivity contribution >= 4 is 35.0 Å². The lowest BCUT2D eigenvalue weighted by atomic mass is 10.2. The lowest BCUT2D eigenvalue weighted by Gasteiger charge is -2.16. The van der Waals surface area contributed by atoms with E-state index in [4.69, 9.17) is 5.11 Å². The quantitative estimate of drug-likeness (QED) is 0.683. The molecule has 0 aliphatic heterocycles. The van der Waals surface area contributed by atoms with Crippen molar-refractivity contribution in [1.29, 1.82) is 0 Å². The van der Waals surface area contributed by atoms with Gasteiger partial charge in [0.05, 0.1) is 22.6 Å². The first-order chi connectivity index (χ1) is 8.90. The van der Waals surface area contributed by atoms with E-state index in [0.29, 0.717) is 5.75 Å². The Morgan fingerprint density at radius 2 is 2.26 bits per heavy atom. The highest BCUT2D eigenvalue weighted by Gasteiger charge is 2.24. The third-order valence-corrected chi connectivity index (χ3v) is 4.00. The molecule has 1 heterocycles. The van der Waals surface area contributed by atoms with Gasteiger partial charge in [0.25, 0.3) is 0 Å². The van der Waals surface area contributed by atoms with Gasteiger partial charge in [0, 0.05) is 11.1 Å². The average Bonchev–Trinajstić information content (AvgIpc) is 2.71. The van der Waals surface area contributed by atoms with Gasteiger partial charge in [0.15, 0.2) is 6.04 Å². The van der Waals surface area contributed by atoms with Gasteiger partial charge in [-0.05, 0) is 13.8 Å². The molecule has 1 amide bonds. The van der Waals surface area contributed by atoms with Crippen molar-refractivity contribution in [3.63, 3.8) is 0 Å². The predicted octanol–water partition coefficient (Wildman–Crippen LogP) is 0.635. The number of aliphatic carboxylic acids is 1. The van der Waals surface area contributed by atoms with Gasteiger partial charge < -0.3 is 15.5 Å². The second kappa shape index (κ2) is 7.46. The van der Waals surface area contributed by atoms with Gasteiger partial charge in [-0.25, -0.2) is 9.78 Å². The summed E-state index contributed by atoms with van der Waals surface area (Å²) in [6.45, 7) is 3.23. The fourth-order valence-electron chi connectivity index (χ4n) is 1.33. The number of carbonyl (C=O) groups excluding carboxylic acids is 1. The summed E-state index contributed by atoms with van der Waals surface area (Å²) in [4.78, 5) is 26.6. The summed E-state index contributed by atoms with van der Waals surface area (Å²) < 4.78 is 0. The van der Waals surface area contributed by atoms with Crippen molar-refractivity contribution in [3.05, 3.63) is 16.1 Å². The molecule has 3 N–H and O–H groups in total. The van der Waals surface area contributed by atoms with E-state index in [1.54, 1.807) is 11.3 Å². The van der Waals surface area contributed by atoms with Crippen LogP contribution in [0.15, 0.2) is 5.38 Å². The minimum atomic E-state index is -1.27. The highest BCUT2D eigenvalue weighted by Crippen LogP contribution is 2.14. The number of nitrogens with one attached hydrogen (secondary N) is 1. The maximum absolute atomic E-state index is 11.5. The van der Waals surface area contributed by atoms with Gasteiger partial charge in [-0.2, -0.15) is 0 Å². The number of thioether (sulfide) groups is 1. The fraction of sp³-hybridized carbons (Fsp3) is 0.545. The normalized spacial score (nSPS) is 13.8. The molecule has 8 heteroatoms. The molecule has 0 fully saturated rings. The molecule has 19 heavy (non-hydrogen) atoms. The number of aromatic nitrogens is 1. The van der Waals surface area contributed by atoms with Gasteiger partial charge in [-0.15, -0.1) is 23.1 Å². The molecule has 0 bridgehead atoms. The van der Waals surface area contributed by atoms with Gasteiger partial charge in [-0.1, -0.05) is 0 Å². The Bertz CT molecular complexity index is 448. The number of carboxylic acid groups (broad SMARTS) is 1. The third-order valence-electron chi connectivity index (χ3n) is 2.21.